The summed E-state index contributed by atoms with van der Waals surface area (Å²) in [5.74, 6) is -1.32. The SMILES string of the molecule is C[C@@H](OC(=O)c1ccc(Cl)c(S(=O)(=O)NCc2ccccc2)c1)C(=O)N1CCN(C(=O)c2ccco2)CC1. The summed E-state index contributed by atoms with van der Waals surface area (Å²) in [4.78, 5) is 40.9. The van der Waals surface area contributed by atoms with Crippen LogP contribution in [-0.4, -0.2) is 68.3 Å². The molecule has 1 aliphatic heterocycles. The molecule has 38 heavy (non-hydrogen) atoms. The Kier molecular flexibility index (Phi) is 8.50. The number of carbonyl (C=O) groups excluding carboxylic acids is 3. The molecular formula is C26H26ClN3O7S. The molecule has 2 heterocycles. The molecule has 0 bridgehead atoms. The van der Waals surface area contributed by atoms with Gasteiger partial charge in [0.25, 0.3) is 11.8 Å². The van der Waals surface area contributed by atoms with Gasteiger partial charge in [-0.1, -0.05) is 41.9 Å². The van der Waals surface area contributed by atoms with Gasteiger partial charge in [-0.3, -0.25) is 9.59 Å². The molecule has 1 saturated heterocycles. The molecular weight excluding hydrogens is 534 g/mol. The van der Waals surface area contributed by atoms with Crippen molar-refractivity contribution in [2.24, 2.45) is 0 Å². The predicted molar refractivity (Wildman–Crippen MR) is 138 cm³/mol. The molecule has 1 aliphatic rings. The first-order valence-corrected chi connectivity index (χ1v) is 13.7. The fourth-order valence-corrected chi connectivity index (χ4v) is 5.45. The first-order chi connectivity index (χ1) is 18.2. The zero-order chi connectivity index (χ0) is 27.3. The van der Waals surface area contributed by atoms with E-state index in [0.717, 1.165) is 11.6 Å². The maximum absolute atomic E-state index is 12.9. The van der Waals surface area contributed by atoms with E-state index in [2.05, 4.69) is 4.72 Å². The second-order valence-electron chi connectivity index (χ2n) is 8.60. The number of piperazine rings is 1. The second kappa shape index (κ2) is 11.8. The van der Waals surface area contributed by atoms with Crippen LogP contribution in [0.15, 0.2) is 76.2 Å². The topological polar surface area (TPSA) is 126 Å². The van der Waals surface area contributed by atoms with Gasteiger partial charge in [-0.05, 0) is 42.8 Å². The van der Waals surface area contributed by atoms with Crippen LogP contribution in [0.5, 0.6) is 0 Å². The average molecular weight is 560 g/mol. The molecule has 0 spiro atoms. The van der Waals surface area contributed by atoms with Gasteiger partial charge >= 0.3 is 5.97 Å². The van der Waals surface area contributed by atoms with E-state index in [-0.39, 0.29) is 46.8 Å². The summed E-state index contributed by atoms with van der Waals surface area (Å²) >= 11 is 6.13. The number of ether oxygens (including phenoxy) is 1. The number of halogens is 1. The maximum Gasteiger partial charge on any atom is 0.338 e. The van der Waals surface area contributed by atoms with Gasteiger partial charge in [-0.25, -0.2) is 17.9 Å². The van der Waals surface area contributed by atoms with E-state index in [1.54, 1.807) is 41.3 Å². The summed E-state index contributed by atoms with van der Waals surface area (Å²) in [6.07, 6.45) is 0.297. The Morgan fingerprint density at radius 3 is 2.34 bits per heavy atom. The van der Waals surface area contributed by atoms with Crippen LogP contribution in [0.3, 0.4) is 0 Å². The Labute approximate surface area is 225 Å². The second-order valence-corrected chi connectivity index (χ2v) is 10.7. The number of nitrogens with zero attached hydrogens (tertiary/aromatic N) is 2. The molecule has 3 aromatic rings. The highest BCUT2D eigenvalue weighted by Crippen LogP contribution is 2.24. The predicted octanol–water partition coefficient (Wildman–Crippen LogP) is 2.94. The molecule has 0 saturated carbocycles. The van der Waals surface area contributed by atoms with Crippen molar-refractivity contribution < 1.29 is 32.0 Å². The third kappa shape index (κ3) is 6.42. The number of rotatable bonds is 8. The van der Waals surface area contributed by atoms with Crippen LogP contribution >= 0.6 is 11.6 Å². The highest BCUT2D eigenvalue weighted by Gasteiger charge is 2.30. The van der Waals surface area contributed by atoms with Crippen molar-refractivity contribution >= 4 is 39.4 Å². The molecule has 1 atom stereocenters. The van der Waals surface area contributed by atoms with Gasteiger partial charge in [0.05, 0.1) is 16.8 Å². The summed E-state index contributed by atoms with van der Waals surface area (Å²) in [7, 11) is -4.04. The lowest BCUT2D eigenvalue weighted by atomic mass is 10.2. The monoisotopic (exact) mass is 559 g/mol. The lowest BCUT2D eigenvalue weighted by molar-refractivity contribution is -0.141. The van der Waals surface area contributed by atoms with Gasteiger partial charge in [0.2, 0.25) is 10.0 Å². The minimum atomic E-state index is -4.04. The molecule has 1 fully saturated rings. The van der Waals surface area contributed by atoms with Crippen molar-refractivity contribution in [1.82, 2.24) is 14.5 Å². The molecule has 1 aromatic heterocycles. The molecule has 4 rings (SSSR count). The number of carbonyl (C=O) groups is 3. The molecule has 0 radical (unpaired) electrons. The van der Waals surface area contributed by atoms with Gasteiger partial charge in [0, 0.05) is 32.7 Å². The highest BCUT2D eigenvalue weighted by molar-refractivity contribution is 7.89. The van der Waals surface area contributed by atoms with Crippen LogP contribution < -0.4 is 4.72 Å². The Morgan fingerprint density at radius 1 is 1.00 bits per heavy atom. The minimum Gasteiger partial charge on any atom is -0.459 e. The minimum absolute atomic E-state index is 0.0418. The van der Waals surface area contributed by atoms with Crippen LogP contribution in [0.4, 0.5) is 0 Å². The lowest BCUT2D eigenvalue weighted by Crippen LogP contribution is -2.53. The van der Waals surface area contributed by atoms with Crippen LogP contribution in [0.2, 0.25) is 5.02 Å². The summed E-state index contributed by atoms with van der Waals surface area (Å²) in [6, 6.07) is 15.9. The normalized spacial score (nSPS) is 14.7. The zero-order valence-electron chi connectivity index (χ0n) is 20.5. The van der Waals surface area contributed by atoms with Crippen molar-refractivity contribution in [1.29, 1.82) is 0 Å². The van der Waals surface area contributed by atoms with Crippen molar-refractivity contribution in [2.75, 3.05) is 26.2 Å². The summed E-state index contributed by atoms with van der Waals surface area (Å²) < 4.78 is 38.6. The van der Waals surface area contributed by atoms with E-state index >= 15 is 0 Å². The van der Waals surface area contributed by atoms with E-state index in [4.69, 9.17) is 20.8 Å². The van der Waals surface area contributed by atoms with Gasteiger partial charge in [-0.15, -0.1) is 0 Å². The highest BCUT2D eigenvalue weighted by atomic mass is 35.5. The largest absolute Gasteiger partial charge is 0.459 e. The number of nitrogens with one attached hydrogen (secondary N) is 1. The fourth-order valence-electron chi connectivity index (χ4n) is 3.91. The van der Waals surface area contributed by atoms with Crippen LogP contribution in [0, 0.1) is 0 Å². The smallest absolute Gasteiger partial charge is 0.338 e. The fraction of sp³-hybridized carbons (Fsp3) is 0.269. The number of hydrogen-bond donors (Lipinski definition) is 1. The Hall–Kier alpha value is -3.67. The summed E-state index contributed by atoms with van der Waals surface area (Å²) in [6.45, 7) is 2.63. The quantitative estimate of drug-likeness (QED) is 0.420. The number of amides is 2. The van der Waals surface area contributed by atoms with Crippen molar-refractivity contribution in [3.63, 3.8) is 0 Å². The van der Waals surface area contributed by atoms with E-state index in [1.807, 2.05) is 6.07 Å². The zero-order valence-corrected chi connectivity index (χ0v) is 22.1. The molecule has 1 N–H and O–H groups in total. The molecule has 0 aliphatic carbocycles. The number of furan rings is 1. The Balaban J connectivity index is 1.35. The third-order valence-electron chi connectivity index (χ3n) is 6.01. The number of hydrogen-bond acceptors (Lipinski definition) is 7. The van der Waals surface area contributed by atoms with E-state index in [9.17, 15) is 22.8 Å². The van der Waals surface area contributed by atoms with Crippen LogP contribution in [0.25, 0.3) is 0 Å². The molecule has 200 valence electrons. The maximum atomic E-state index is 12.9. The van der Waals surface area contributed by atoms with Crippen LogP contribution in [-0.2, 0) is 26.1 Å². The van der Waals surface area contributed by atoms with Crippen molar-refractivity contribution in [3.8, 4) is 0 Å². The first kappa shape index (κ1) is 27.4. The summed E-state index contributed by atoms with van der Waals surface area (Å²) in [5.41, 5.74) is 0.685. The standard InChI is InChI=1S/C26H26ClN3O7S/c1-18(24(31)29-11-13-30(14-12-29)25(32)22-8-5-15-36-22)37-26(33)20-9-10-21(27)23(16-20)38(34,35)28-17-19-6-3-2-4-7-19/h2-10,15-16,18,28H,11-14,17H2,1H3/t18-/m1/s1. The van der Waals surface area contributed by atoms with Gasteiger partial charge in [0.1, 0.15) is 4.90 Å². The van der Waals surface area contributed by atoms with Crippen molar-refractivity contribution in [3.05, 3.63) is 88.8 Å². The number of benzene rings is 2. The molecule has 12 heteroatoms. The lowest BCUT2D eigenvalue weighted by Gasteiger charge is -2.35. The van der Waals surface area contributed by atoms with E-state index in [1.165, 1.54) is 30.2 Å². The van der Waals surface area contributed by atoms with Gasteiger partial charge in [0.15, 0.2) is 11.9 Å². The summed E-state index contributed by atoms with van der Waals surface area (Å²) in [5, 5.41) is -0.0618. The van der Waals surface area contributed by atoms with Gasteiger partial charge < -0.3 is 19.0 Å². The molecule has 2 aromatic carbocycles. The van der Waals surface area contributed by atoms with Gasteiger partial charge in [-0.2, -0.15) is 0 Å². The first-order valence-electron chi connectivity index (χ1n) is 11.8. The van der Waals surface area contributed by atoms with Crippen molar-refractivity contribution in [2.45, 2.75) is 24.5 Å². The molecule has 0 unspecified atom stereocenters. The average Bonchev–Trinajstić information content (AvgIpc) is 3.47. The molecule has 10 nitrogen and oxygen atoms in total. The van der Waals surface area contributed by atoms with E-state index < -0.39 is 28.0 Å². The number of esters is 1. The number of sulfonamides is 1. The van der Waals surface area contributed by atoms with Crippen LogP contribution in [0.1, 0.15) is 33.4 Å². The third-order valence-corrected chi connectivity index (χ3v) is 7.89. The Bertz CT molecular complexity index is 1400. The molecule has 2 amide bonds. The van der Waals surface area contributed by atoms with E-state index in [0.29, 0.717) is 13.1 Å². The Morgan fingerprint density at radius 2 is 1.68 bits per heavy atom.